The molecule has 5 nitrogen and oxygen atoms in total. The van der Waals surface area contributed by atoms with Gasteiger partial charge in [0.25, 0.3) is 0 Å². The van der Waals surface area contributed by atoms with Gasteiger partial charge in [-0.05, 0) is 50.1 Å². The van der Waals surface area contributed by atoms with Crippen molar-refractivity contribution < 1.29 is 0 Å². The number of aromatic nitrogens is 3. The van der Waals surface area contributed by atoms with Crippen molar-refractivity contribution in [3.63, 3.8) is 0 Å². The summed E-state index contributed by atoms with van der Waals surface area (Å²) >= 11 is 0. The quantitative estimate of drug-likeness (QED) is 0.934. The third-order valence-electron chi connectivity index (χ3n) is 3.99. The molecule has 0 saturated carbocycles. The summed E-state index contributed by atoms with van der Waals surface area (Å²) in [5, 5.41) is 3.11. The van der Waals surface area contributed by atoms with E-state index < -0.39 is 0 Å². The lowest BCUT2D eigenvalue weighted by molar-refractivity contribution is 0.245. The molecule has 0 amide bonds. The second-order valence-corrected chi connectivity index (χ2v) is 5.45. The molecule has 0 bridgehead atoms. The molecule has 0 aromatic carbocycles. The molecule has 3 rings (SSSR count). The van der Waals surface area contributed by atoms with Crippen LogP contribution in [-0.4, -0.2) is 33.4 Å². The molecule has 2 aromatic rings. The maximum absolute atomic E-state index is 4.52. The molecule has 1 saturated heterocycles. The number of hydrogen-bond donors (Lipinski definition) is 1. The first-order valence-corrected chi connectivity index (χ1v) is 7.42. The van der Waals surface area contributed by atoms with Crippen molar-refractivity contribution in [1.29, 1.82) is 0 Å². The first-order valence-electron chi connectivity index (χ1n) is 7.42. The molecule has 0 spiro atoms. The maximum atomic E-state index is 4.52. The third-order valence-corrected chi connectivity index (χ3v) is 3.99. The summed E-state index contributed by atoms with van der Waals surface area (Å²) in [7, 11) is 1.90. The zero-order valence-corrected chi connectivity index (χ0v) is 12.6. The Balaban J connectivity index is 1.78. The fourth-order valence-corrected chi connectivity index (χ4v) is 2.99. The molecule has 0 aliphatic carbocycles. The van der Waals surface area contributed by atoms with E-state index in [0.29, 0.717) is 6.04 Å². The predicted octanol–water partition coefficient (Wildman–Crippen LogP) is 2.56. The summed E-state index contributed by atoms with van der Waals surface area (Å²) in [6.45, 7) is 3.93. The minimum atomic E-state index is 0.454. The van der Waals surface area contributed by atoms with Crippen LogP contribution < -0.4 is 5.32 Å². The van der Waals surface area contributed by atoms with Crippen LogP contribution >= 0.6 is 0 Å². The first-order chi connectivity index (χ1) is 10.3. The van der Waals surface area contributed by atoms with Crippen LogP contribution in [0.2, 0.25) is 0 Å². The Labute approximate surface area is 125 Å². The van der Waals surface area contributed by atoms with Gasteiger partial charge >= 0.3 is 0 Å². The number of aryl methyl sites for hydroxylation is 1. The predicted molar refractivity (Wildman–Crippen MR) is 82.9 cm³/mol. The number of pyridine rings is 1. The van der Waals surface area contributed by atoms with Gasteiger partial charge in [-0.15, -0.1) is 0 Å². The topological polar surface area (TPSA) is 53.9 Å². The lowest BCUT2D eigenvalue weighted by Crippen LogP contribution is -2.23. The van der Waals surface area contributed by atoms with Gasteiger partial charge in [-0.25, -0.2) is 15.0 Å². The Morgan fingerprint density at radius 2 is 2.14 bits per heavy atom. The summed E-state index contributed by atoms with van der Waals surface area (Å²) in [6.07, 6.45) is 6.14. The molecule has 0 unspecified atom stereocenters. The highest BCUT2D eigenvalue weighted by Gasteiger charge is 2.26. The smallest absolute Gasteiger partial charge is 0.125 e. The molecule has 110 valence electrons. The Kier molecular flexibility index (Phi) is 4.10. The molecule has 1 atom stereocenters. The van der Waals surface area contributed by atoms with Gasteiger partial charge in [-0.1, -0.05) is 0 Å². The highest BCUT2D eigenvalue weighted by Crippen LogP contribution is 2.33. The van der Waals surface area contributed by atoms with Gasteiger partial charge in [-0.2, -0.15) is 0 Å². The molecular formula is C16H21N5. The van der Waals surface area contributed by atoms with E-state index in [0.717, 1.165) is 30.4 Å². The summed E-state index contributed by atoms with van der Waals surface area (Å²) in [4.78, 5) is 15.5. The highest BCUT2D eigenvalue weighted by molar-refractivity contribution is 5.38. The lowest BCUT2D eigenvalue weighted by atomic mass is 10.1. The van der Waals surface area contributed by atoms with E-state index in [-0.39, 0.29) is 0 Å². The Morgan fingerprint density at radius 1 is 1.29 bits per heavy atom. The first kappa shape index (κ1) is 13.9. The number of nitrogens with zero attached hydrogens (tertiary/aromatic N) is 4. The van der Waals surface area contributed by atoms with Gasteiger partial charge < -0.3 is 5.32 Å². The van der Waals surface area contributed by atoms with Crippen molar-refractivity contribution in [3.05, 3.63) is 47.7 Å². The average Bonchev–Trinajstić information content (AvgIpc) is 2.95. The fraction of sp³-hybridized carbons (Fsp3) is 0.438. The molecule has 1 aliphatic heterocycles. The van der Waals surface area contributed by atoms with Gasteiger partial charge in [-0.3, -0.25) is 4.90 Å². The Morgan fingerprint density at radius 3 is 2.95 bits per heavy atom. The highest BCUT2D eigenvalue weighted by atomic mass is 15.2. The van der Waals surface area contributed by atoms with E-state index in [9.17, 15) is 0 Å². The Hall–Kier alpha value is -2.01. The number of hydrogen-bond acceptors (Lipinski definition) is 5. The summed E-state index contributed by atoms with van der Waals surface area (Å²) in [5.74, 6) is 1.77. The Bertz CT molecular complexity index is 613. The van der Waals surface area contributed by atoms with Crippen LogP contribution in [0.15, 0.2) is 30.6 Å². The molecular weight excluding hydrogens is 262 g/mol. The van der Waals surface area contributed by atoms with Crippen LogP contribution in [0.4, 0.5) is 5.82 Å². The maximum Gasteiger partial charge on any atom is 0.125 e. The van der Waals surface area contributed by atoms with Gasteiger partial charge in [0.1, 0.15) is 11.6 Å². The number of nitrogens with one attached hydrogen (secondary N) is 1. The normalized spacial score (nSPS) is 18.9. The molecule has 21 heavy (non-hydrogen) atoms. The van der Waals surface area contributed by atoms with E-state index in [4.69, 9.17) is 0 Å². The van der Waals surface area contributed by atoms with Crippen molar-refractivity contribution >= 4 is 5.82 Å². The molecule has 5 heteroatoms. The molecule has 1 aliphatic rings. The standard InChI is InChI=1S/C16H21N5/c1-12-18-8-6-14(20-12)11-21-9-3-4-15(21)13-5-7-19-16(10-13)17-2/h5-8,10,15H,3-4,9,11H2,1-2H3,(H,17,19)/t15-/m1/s1. The van der Waals surface area contributed by atoms with Crippen LogP contribution in [0.1, 0.15) is 36.0 Å². The lowest BCUT2D eigenvalue weighted by Gasteiger charge is -2.24. The van der Waals surface area contributed by atoms with Crippen LogP contribution in [0.5, 0.6) is 0 Å². The van der Waals surface area contributed by atoms with Crippen LogP contribution in [0.25, 0.3) is 0 Å². The third kappa shape index (κ3) is 3.19. The van der Waals surface area contributed by atoms with Crippen molar-refractivity contribution in [2.75, 3.05) is 18.9 Å². The molecule has 1 N–H and O–H groups in total. The zero-order valence-electron chi connectivity index (χ0n) is 12.6. The van der Waals surface area contributed by atoms with Crippen LogP contribution in [-0.2, 0) is 6.54 Å². The second-order valence-electron chi connectivity index (χ2n) is 5.45. The van der Waals surface area contributed by atoms with Crippen LogP contribution in [0, 0.1) is 6.92 Å². The van der Waals surface area contributed by atoms with E-state index in [1.807, 2.05) is 32.4 Å². The van der Waals surface area contributed by atoms with Crippen molar-refractivity contribution in [2.45, 2.75) is 32.4 Å². The fourth-order valence-electron chi connectivity index (χ4n) is 2.99. The number of rotatable bonds is 4. The molecule has 1 fully saturated rings. The second kappa shape index (κ2) is 6.18. The zero-order chi connectivity index (χ0) is 14.7. The van der Waals surface area contributed by atoms with E-state index in [1.54, 1.807) is 0 Å². The van der Waals surface area contributed by atoms with Gasteiger partial charge in [0, 0.05) is 32.0 Å². The van der Waals surface area contributed by atoms with Crippen molar-refractivity contribution in [1.82, 2.24) is 19.9 Å². The monoisotopic (exact) mass is 283 g/mol. The van der Waals surface area contributed by atoms with E-state index >= 15 is 0 Å². The van der Waals surface area contributed by atoms with Crippen molar-refractivity contribution in [2.24, 2.45) is 0 Å². The van der Waals surface area contributed by atoms with Crippen molar-refractivity contribution in [3.8, 4) is 0 Å². The summed E-state index contributed by atoms with van der Waals surface area (Å²) < 4.78 is 0. The number of likely N-dealkylation sites (tertiary alicyclic amines) is 1. The summed E-state index contributed by atoms with van der Waals surface area (Å²) in [6, 6.07) is 6.73. The SMILES string of the molecule is CNc1cc([C@H]2CCCN2Cc2ccnc(C)n2)ccn1. The molecule has 0 radical (unpaired) electrons. The number of anilines is 1. The average molecular weight is 283 g/mol. The largest absolute Gasteiger partial charge is 0.373 e. The van der Waals surface area contributed by atoms with E-state index in [1.165, 1.54) is 18.4 Å². The minimum absolute atomic E-state index is 0.454. The van der Waals surface area contributed by atoms with E-state index in [2.05, 4.69) is 37.3 Å². The molecule has 2 aromatic heterocycles. The summed E-state index contributed by atoms with van der Waals surface area (Å²) in [5.41, 5.74) is 2.43. The van der Waals surface area contributed by atoms with Gasteiger partial charge in [0.2, 0.25) is 0 Å². The van der Waals surface area contributed by atoms with Gasteiger partial charge in [0.05, 0.1) is 5.69 Å². The van der Waals surface area contributed by atoms with Crippen LogP contribution in [0.3, 0.4) is 0 Å². The van der Waals surface area contributed by atoms with Gasteiger partial charge in [0.15, 0.2) is 0 Å². The molecule has 3 heterocycles. The minimum Gasteiger partial charge on any atom is -0.373 e.